The highest BCUT2D eigenvalue weighted by Gasteiger charge is 2.06. The number of carbonyl (C=O) groups excluding carboxylic acids is 1. The number of nitrogens with zero attached hydrogens (tertiary/aromatic N) is 1. The SMILES string of the molecule is CCCCN(C)C(=O)CNc1ccc(C)cc1. The average Bonchev–Trinajstić information content (AvgIpc) is 2.34. The quantitative estimate of drug-likeness (QED) is 0.820. The second-order valence-corrected chi connectivity index (χ2v) is 4.39. The molecule has 94 valence electrons. The predicted octanol–water partition coefficient (Wildman–Crippen LogP) is 2.67. The minimum atomic E-state index is 0.138. The third kappa shape index (κ3) is 4.89. The second kappa shape index (κ2) is 6.94. The Morgan fingerprint density at radius 1 is 1.29 bits per heavy atom. The van der Waals surface area contributed by atoms with Gasteiger partial charge in [0.25, 0.3) is 0 Å². The van der Waals surface area contributed by atoms with E-state index in [1.165, 1.54) is 5.56 Å². The largest absolute Gasteiger partial charge is 0.376 e. The topological polar surface area (TPSA) is 32.3 Å². The van der Waals surface area contributed by atoms with Gasteiger partial charge in [-0.1, -0.05) is 31.0 Å². The molecule has 0 aliphatic carbocycles. The van der Waals surface area contributed by atoms with Crippen molar-refractivity contribution in [1.82, 2.24) is 4.90 Å². The maximum absolute atomic E-state index is 11.8. The maximum Gasteiger partial charge on any atom is 0.241 e. The van der Waals surface area contributed by atoms with Crippen LogP contribution in [0.1, 0.15) is 25.3 Å². The van der Waals surface area contributed by atoms with Gasteiger partial charge in [-0.2, -0.15) is 0 Å². The zero-order chi connectivity index (χ0) is 12.7. The Bertz CT molecular complexity index is 346. The lowest BCUT2D eigenvalue weighted by atomic mass is 10.2. The molecule has 1 N–H and O–H groups in total. The van der Waals surface area contributed by atoms with Crippen molar-refractivity contribution in [3.63, 3.8) is 0 Å². The first kappa shape index (κ1) is 13.6. The number of unbranched alkanes of at least 4 members (excludes halogenated alkanes) is 1. The second-order valence-electron chi connectivity index (χ2n) is 4.39. The first-order valence-electron chi connectivity index (χ1n) is 6.18. The Labute approximate surface area is 104 Å². The Morgan fingerprint density at radius 2 is 1.94 bits per heavy atom. The van der Waals surface area contributed by atoms with Crippen LogP contribution in [0.15, 0.2) is 24.3 Å². The monoisotopic (exact) mass is 234 g/mol. The lowest BCUT2D eigenvalue weighted by Gasteiger charge is -2.17. The van der Waals surface area contributed by atoms with Gasteiger partial charge in [-0.3, -0.25) is 4.79 Å². The van der Waals surface area contributed by atoms with Crippen molar-refractivity contribution >= 4 is 11.6 Å². The Hall–Kier alpha value is -1.51. The summed E-state index contributed by atoms with van der Waals surface area (Å²) in [5, 5.41) is 3.14. The minimum absolute atomic E-state index is 0.138. The summed E-state index contributed by atoms with van der Waals surface area (Å²) in [6, 6.07) is 8.06. The van der Waals surface area contributed by atoms with Gasteiger partial charge in [0.05, 0.1) is 6.54 Å². The van der Waals surface area contributed by atoms with Gasteiger partial charge in [-0.25, -0.2) is 0 Å². The van der Waals surface area contributed by atoms with Crippen LogP contribution in [0.5, 0.6) is 0 Å². The van der Waals surface area contributed by atoms with E-state index in [2.05, 4.69) is 12.2 Å². The van der Waals surface area contributed by atoms with Crippen molar-refractivity contribution < 1.29 is 4.79 Å². The van der Waals surface area contributed by atoms with Crippen LogP contribution in [0, 0.1) is 6.92 Å². The van der Waals surface area contributed by atoms with Crippen molar-refractivity contribution in [2.45, 2.75) is 26.7 Å². The molecule has 17 heavy (non-hydrogen) atoms. The fourth-order valence-electron chi connectivity index (χ4n) is 1.50. The van der Waals surface area contributed by atoms with E-state index in [4.69, 9.17) is 0 Å². The van der Waals surface area contributed by atoms with E-state index in [9.17, 15) is 4.79 Å². The average molecular weight is 234 g/mol. The molecular formula is C14H22N2O. The molecule has 0 aromatic heterocycles. The number of benzene rings is 1. The number of anilines is 1. The van der Waals surface area contributed by atoms with Gasteiger partial charge < -0.3 is 10.2 Å². The molecule has 3 heteroatoms. The van der Waals surface area contributed by atoms with Gasteiger partial charge >= 0.3 is 0 Å². The van der Waals surface area contributed by atoms with Gasteiger partial charge in [0.1, 0.15) is 0 Å². The Balaban J connectivity index is 2.34. The highest BCUT2D eigenvalue weighted by Crippen LogP contribution is 2.08. The van der Waals surface area contributed by atoms with Crippen LogP contribution in [-0.4, -0.2) is 30.9 Å². The van der Waals surface area contributed by atoms with Crippen LogP contribution in [0.25, 0.3) is 0 Å². The van der Waals surface area contributed by atoms with Crippen LogP contribution in [0.2, 0.25) is 0 Å². The van der Waals surface area contributed by atoms with E-state index < -0.39 is 0 Å². The standard InChI is InChI=1S/C14H22N2O/c1-4-5-10-16(3)14(17)11-15-13-8-6-12(2)7-9-13/h6-9,15H,4-5,10-11H2,1-3H3. The molecule has 0 aliphatic heterocycles. The van der Waals surface area contributed by atoms with Crippen LogP contribution in [0.4, 0.5) is 5.69 Å². The number of likely N-dealkylation sites (N-methyl/N-ethyl adjacent to an activating group) is 1. The summed E-state index contributed by atoms with van der Waals surface area (Å²) in [7, 11) is 1.86. The van der Waals surface area contributed by atoms with Crippen molar-refractivity contribution in [3.8, 4) is 0 Å². The number of nitrogens with one attached hydrogen (secondary N) is 1. The normalized spacial score (nSPS) is 10.1. The van der Waals surface area contributed by atoms with E-state index in [-0.39, 0.29) is 5.91 Å². The molecule has 1 rings (SSSR count). The molecule has 0 aliphatic rings. The van der Waals surface area contributed by atoms with Crippen LogP contribution in [0.3, 0.4) is 0 Å². The van der Waals surface area contributed by atoms with Gasteiger partial charge in [0, 0.05) is 19.3 Å². The first-order chi connectivity index (χ1) is 8.13. The van der Waals surface area contributed by atoms with Gasteiger partial charge in [-0.05, 0) is 25.5 Å². The molecule has 1 amide bonds. The van der Waals surface area contributed by atoms with Crippen molar-refractivity contribution in [2.24, 2.45) is 0 Å². The Kier molecular flexibility index (Phi) is 5.53. The van der Waals surface area contributed by atoms with E-state index in [1.807, 2.05) is 38.2 Å². The molecule has 0 bridgehead atoms. The molecule has 1 aromatic carbocycles. The number of amides is 1. The lowest BCUT2D eigenvalue weighted by Crippen LogP contribution is -2.32. The van der Waals surface area contributed by atoms with Gasteiger partial charge in [0.2, 0.25) is 5.91 Å². The molecule has 0 saturated carbocycles. The zero-order valence-corrected chi connectivity index (χ0v) is 11.0. The summed E-state index contributed by atoms with van der Waals surface area (Å²) in [6.07, 6.45) is 2.18. The minimum Gasteiger partial charge on any atom is -0.376 e. The van der Waals surface area contributed by atoms with E-state index in [0.29, 0.717) is 6.54 Å². The number of carbonyl (C=O) groups is 1. The van der Waals surface area contributed by atoms with E-state index in [0.717, 1.165) is 25.1 Å². The molecule has 1 aromatic rings. The number of aryl methyl sites for hydroxylation is 1. The van der Waals surface area contributed by atoms with Crippen LogP contribution >= 0.6 is 0 Å². The van der Waals surface area contributed by atoms with E-state index >= 15 is 0 Å². The summed E-state index contributed by atoms with van der Waals surface area (Å²) in [5.41, 5.74) is 2.22. The summed E-state index contributed by atoms with van der Waals surface area (Å²) < 4.78 is 0. The third-order valence-electron chi connectivity index (χ3n) is 2.77. The summed E-state index contributed by atoms with van der Waals surface area (Å²) >= 11 is 0. The molecule has 3 nitrogen and oxygen atoms in total. The number of rotatable bonds is 6. The predicted molar refractivity (Wildman–Crippen MR) is 72.2 cm³/mol. The summed E-state index contributed by atoms with van der Waals surface area (Å²) in [4.78, 5) is 13.5. The fraction of sp³-hybridized carbons (Fsp3) is 0.500. The highest BCUT2D eigenvalue weighted by atomic mass is 16.2. The molecular weight excluding hydrogens is 212 g/mol. The molecule has 0 saturated heterocycles. The van der Waals surface area contributed by atoms with Crippen molar-refractivity contribution in [3.05, 3.63) is 29.8 Å². The fourth-order valence-corrected chi connectivity index (χ4v) is 1.50. The lowest BCUT2D eigenvalue weighted by molar-refractivity contribution is -0.128. The van der Waals surface area contributed by atoms with E-state index in [1.54, 1.807) is 4.90 Å². The first-order valence-corrected chi connectivity index (χ1v) is 6.18. The molecule has 0 heterocycles. The highest BCUT2D eigenvalue weighted by molar-refractivity contribution is 5.80. The molecule has 0 fully saturated rings. The Morgan fingerprint density at radius 3 is 2.53 bits per heavy atom. The molecule has 0 unspecified atom stereocenters. The molecule has 0 radical (unpaired) electrons. The van der Waals surface area contributed by atoms with Crippen molar-refractivity contribution in [2.75, 3.05) is 25.5 Å². The van der Waals surface area contributed by atoms with Crippen molar-refractivity contribution in [1.29, 1.82) is 0 Å². The van der Waals surface area contributed by atoms with Gasteiger partial charge in [-0.15, -0.1) is 0 Å². The molecule has 0 atom stereocenters. The summed E-state index contributed by atoms with van der Waals surface area (Å²) in [6.45, 7) is 5.38. The smallest absolute Gasteiger partial charge is 0.241 e. The number of hydrogen-bond acceptors (Lipinski definition) is 2. The van der Waals surface area contributed by atoms with Gasteiger partial charge in [0.15, 0.2) is 0 Å². The summed E-state index contributed by atoms with van der Waals surface area (Å²) in [5.74, 6) is 0.138. The third-order valence-corrected chi connectivity index (χ3v) is 2.77. The molecule has 0 spiro atoms. The van der Waals surface area contributed by atoms with Crippen LogP contribution < -0.4 is 5.32 Å². The zero-order valence-electron chi connectivity index (χ0n) is 11.0. The van der Waals surface area contributed by atoms with Crippen LogP contribution in [-0.2, 0) is 4.79 Å². The number of hydrogen-bond donors (Lipinski definition) is 1. The maximum atomic E-state index is 11.8.